The minimum Gasteiger partial charge on any atom is -0.336 e. The first-order valence-electron chi connectivity index (χ1n) is 11.5. The van der Waals surface area contributed by atoms with Gasteiger partial charge >= 0.3 is 0 Å². The summed E-state index contributed by atoms with van der Waals surface area (Å²) in [7, 11) is 0. The highest BCUT2D eigenvalue weighted by atomic mass is 19.1. The fraction of sp³-hybridized carbons (Fsp3) is 0.440. The van der Waals surface area contributed by atoms with Crippen LogP contribution in [-0.2, 0) is 0 Å². The number of carbonyl (C=O) groups excluding carboxylic acids is 1. The summed E-state index contributed by atoms with van der Waals surface area (Å²) >= 11 is 0. The lowest BCUT2D eigenvalue weighted by atomic mass is 10.0. The summed E-state index contributed by atoms with van der Waals surface area (Å²) in [4.78, 5) is 26.9. The second kappa shape index (κ2) is 9.39. The summed E-state index contributed by atoms with van der Waals surface area (Å²) in [5.74, 6) is 0.145. The van der Waals surface area contributed by atoms with Gasteiger partial charge in [0.25, 0.3) is 11.9 Å². The van der Waals surface area contributed by atoms with Crippen LogP contribution in [0.2, 0.25) is 0 Å². The van der Waals surface area contributed by atoms with Gasteiger partial charge in [0, 0.05) is 44.0 Å². The predicted octanol–water partition coefficient (Wildman–Crippen LogP) is 4.07. The topological polar surface area (TPSA) is 67.2 Å². The number of carbonyl (C=O) groups is 1. The van der Waals surface area contributed by atoms with Gasteiger partial charge in [0.05, 0.1) is 23.1 Å². The maximum atomic E-state index is 13.4. The SMILES string of the molecule is Cc1cnc(-n2ncc(C(=O)N3CCN(C(C)C)CC3)c2C(C)C)nc1-c1ccc(F)cc1. The predicted molar refractivity (Wildman–Crippen MR) is 126 cm³/mol. The maximum Gasteiger partial charge on any atom is 0.257 e. The summed E-state index contributed by atoms with van der Waals surface area (Å²) in [6, 6.07) is 6.71. The fourth-order valence-corrected chi connectivity index (χ4v) is 4.28. The molecule has 1 amide bonds. The number of halogens is 1. The lowest BCUT2D eigenvalue weighted by Crippen LogP contribution is -2.50. The molecule has 33 heavy (non-hydrogen) atoms. The molecule has 1 aliphatic rings. The number of piperazine rings is 1. The van der Waals surface area contributed by atoms with E-state index in [1.807, 2.05) is 25.7 Å². The van der Waals surface area contributed by atoms with Gasteiger partial charge in [0.15, 0.2) is 0 Å². The largest absolute Gasteiger partial charge is 0.336 e. The van der Waals surface area contributed by atoms with Crippen LogP contribution in [0.3, 0.4) is 0 Å². The van der Waals surface area contributed by atoms with Crippen molar-refractivity contribution >= 4 is 5.91 Å². The van der Waals surface area contributed by atoms with E-state index in [4.69, 9.17) is 4.98 Å². The third-order valence-electron chi connectivity index (χ3n) is 6.18. The Morgan fingerprint density at radius 1 is 1.00 bits per heavy atom. The minimum absolute atomic E-state index is 0.000717. The number of aromatic nitrogens is 4. The van der Waals surface area contributed by atoms with Crippen molar-refractivity contribution in [2.45, 2.75) is 46.6 Å². The average molecular weight is 451 g/mol. The summed E-state index contributed by atoms with van der Waals surface area (Å²) in [6.45, 7) is 13.5. The average Bonchev–Trinajstić information content (AvgIpc) is 3.25. The molecule has 0 spiro atoms. The van der Waals surface area contributed by atoms with E-state index < -0.39 is 0 Å². The molecule has 1 saturated heterocycles. The first-order chi connectivity index (χ1) is 15.8. The van der Waals surface area contributed by atoms with Crippen molar-refractivity contribution in [2.75, 3.05) is 26.2 Å². The van der Waals surface area contributed by atoms with E-state index in [1.165, 1.54) is 12.1 Å². The Morgan fingerprint density at radius 2 is 1.67 bits per heavy atom. The molecule has 0 saturated carbocycles. The van der Waals surface area contributed by atoms with Crippen molar-refractivity contribution in [3.05, 3.63) is 59.3 Å². The van der Waals surface area contributed by atoms with E-state index in [-0.39, 0.29) is 17.6 Å². The lowest BCUT2D eigenvalue weighted by molar-refractivity contribution is 0.0594. The molecule has 2 aromatic heterocycles. The molecule has 7 nitrogen and oxygen atoms in total. The molecule has 0 radical (unpaired) electrons. The molecule has 174 valence electrons. The summed E-state index contributed by atoms with van der Waals surface area (Å²) in [5.41, 5.74) is 3.77. The smallest absolute Gasteiger partial charge is 0.257 e. The van der Waals surface area contributed by atoms with Crippen LogP contribution < -0.4 is 0 Å². The van der Waals surface area contributed by atoms with Crippen molar-refractivity contribution in [1.82, 2.24) is 29.5 Å². The van der Waals surface area contributed by atoms with Crippen LogP contribution in [0.1, 0.15) is 55.2 Å². The molecule has 4 rings (SSSR count). The zero-order valence-electron chi connectivity index (χ0n) is 19.9. The Labute approximate surface area is 194 Å². The first kappa shape index (κ1) is 23.0. The zero-order chi connectivity index (χ0) is 23.7. The molecule has 0 atom stereocenters. The van der Waals surface area contributed by atoms with Crippen molar-refractivity contribution in [1.29, 1.82) is 0 Å². The van der Waals surface area contributed by atoms with Gasteiger partial charge in [-0.05, 0) is 56.5 Å². The highest BCUT2D eigenvalue weighted by Crippen LogP contribution is 2.26. The molecule has 3 aromatic rings. The highest BCUT2D eigenvalue weighted by Gasteiger charge is 2.28. The van der Waals surface area contributed by atoms with Gasteiger partial charge in [-0.1, -0.05) is 13.8 Å². The Morgan fingerprint density at radius 3 is 2.27 bits per heavy atom. The van der Waals surface area contributed by atoms with Gasteiger partial charge in [0.2, 0.25) is 0 Å². The van der Waals surface area contributed by atoms with Crippen LogP contribution in [0, 0.1) is 12.7 Å². The van der Waals surface area contributed by atoms with Crippen LogP contribution in [0.5, 0.6) is 0 Å². The van der Waals surface area contributed by atoms with Crippen LogP contribution >= 0.6 is 0 Å². The van der Waals surface area contributed by atoms with E-state index in [9.17, 15) is 9.18 Å². The summed E-state index contributed by atoms with van der Waals surface area (Å²) in [5, 5.41) is 4.52. The van der Waals surface area contributed by atoms with E-state index in [0.29, 0.717) is 36.3 Å². The Kier molecular flexibility index (Phi) is 6.56. The molecular formula is C25H31FN6O. The van der Waals surface area contributed by atoms with Gasteiger partial charge in [-0.2, -0.15) is 5.10 Å². The normalized spacial score (nSPS) is 15.0. The molecule has 0 N–H and O–H groups in total. The molecule has 0 unspecified atom stereocenters. The van der Waals surface area contributed by atoms with Crippen LogP contribution in [0.25, 0.3) is 17.2 Å². The van der Waals surface area contributed by atoms with Gasteiger partial charge < -0.3 is 4.90 Å². The third kappa shape index (κ3) is 4.66. The Bertz CT molecular complexity index is 1130. The van der Waals surface area contributed by atoms with Crippen LogP contribution in [-0.4, -0.2) is 67.7 Å². The van der Waals surface area contributed by atoms with E-state index in [1.54, 1.807) is 29.2 Å². The molecule has 1 fully saturated rings. The van der Waals surface area contributed by atoms with Gasteiger partial charge in [-0.25, -0.2) is 19.0 Å². The number of amides is 1. The quantitative estimate of drug-likeness (QED) is 0.586. The van der Waals surface area contributed by atoms with Gasteiger partial charge in [-0.15, -0.1) is 0 Å². The second-order valence-electron chi connectivity index (χ2n) is 9.14. The molecule has 0 bridgehead atoms. The number of hydrogen-bond donors (Lipinski definition) is 0. The second-order valence-corrected chi connectivity index (χ2v) is 9.14. The van der Waals surface area contributed by atoms with Crippen molar-refractivity contribution in [3.63, 3.8) is 0 Å². The number of hydrogen-bond acceptors (Lipinski definition) is 5. The van der Waals surface area contributed by atoms with Crippen LogP contribution in [0.4, 0.5) is 4.39 Å². The fourth-order valence-electron chi connectivity index (χ4n) is 4.28. The zero-order valence-corrected chi connectivity index (χ0v) is 19.9. The molecule has 1 aliphatic heterocycles. The summed E-state index contributed by atoms with van der Waals surface area (Å²) in [6.07, 6.45) is 3.37. The van der Waals surface area contributed by atoms with E-state index >= 15 is 0 Å². The number of aryl methyl sites for hydroxylation is 1. The number of nitrogens with zero attached hydrogens (tertiary/aromatic N) is 6. The maximum absolute atomic E-state index is 13.4. The van der Waals surface area contributed by atoms with Crippen LogP contribution in [0.15, 0.2) is 36.7 Å². The Hall–Kier alpha value is -3.13. The van der Waals surface area contributed by atoms with Gasteiger partial charge in [-0.3, -0.25) is 9.69 Å². The highest BCUT2D eigenvalue weighted by molar-refractivity contribution is 5.95. The van der Waals surface area contributed by atoms with Crippen molar-refractivity contribution in [3.8, 4) is 17.2 Å². The third-order valence-corrected chi connectivity index (χ3v) is 6.18. The van der Waals surface area contributed by atoms with E-state index in [2.05, 4.69) is 28.8 Å². The molecule has 8 heteroatoms. The standard InChI is InChI=1S/C25H31FN6O/c1-16(2)23-21(24(33)31-12-10-30(11-13-31)17(3)4)15-28-32(23)25-27-14-18(5)22(29-25)19-6-8-20(26)9-7-19/h6-9,14-17H,10-13H2,1-5H3. The first-order valence-corrected chi connectivity index (χ1v) is 11.5. The molecule has 0 aliphatic carbocycles. The van der Waals surface area contributed by atoms with Crippen molar-refractivity contribution in [2.24, 2.45) is 0 Å². The molecular weight excluding hydrogens is 419 g/mol. The number of rotatable bonds is 5. The molecule has 1 aromatic carbocycles. The Balaban J connectivity index is 1.67. The lowest BCUT2D eigenvalue weighted by Gasteiger charge is -2.37. The molecule has 3 heterocycles. The monoisotopic (exact) mass is 450 g/mol. The summed E-state index contributed by atoms with van der Waals surface area (Å²) < 4.78 is 15.1. The van der Waals surface area contributed by atoms with Gasteiger partial charge in [0.1, 0.15) is 5.82 Å². The number of benzene rings is 1. The minimum atomic E-state index is -0.294. The van der Waals surface area contributed by atoms with E-state index in [0.717, 1.165) is 29.9 Å². The van der Waals surface area contributed by atoms with Crippen molar-refractivity contribution < 1.29 is 9.18 Å².